The summed E-state index contributed by atoms with van der Waals surface area (Å²) in [5, 5.41) is 14.5. The van der Waals surface area contributed by atoms with Gasteiger partial charge in [0.05, 0.1) is 6.10 Å². The van der Waals surface area contributed by atoms with Crippen LogP contribution in [-0.2, 0) is 9.59 Å². The molecule has 0 fully saturated rings. The van der Waals surface area contributed by atoms with Crippen molar-refractivity contribution in [3.05, 3.63) is 0 Å². The van der Waals surface area contributed by atoms with Crippen LogP contribution in [0.5, 0.6) is 0 Å². The fourth-order valence-corrected chi connectivity index (χ4v) is 0.995. The number of nitrogens with one attached hydrogen (secondary N) is 2. The van der Waals surface area contributed by atoms with Gasteiger partial charge in [-0.3, -0.25) is 9.59 Å². The van der Waals surface area contributed by atoms with Gasteiger partial charge in [-0.25, -0.2) is 0 Å². The topological polar surface area (TPSA) is 78.4 Å². The number of aliphatic hydroxyl groups excluding tert-OH is 1. The Morgan fingerprint density at radius 1 is 1.29 bits per heavy atom. The first-order chi connectivity index (χ1) is 7.68. The summed E-state index contributed by atoms with van der Waals surface area (Å²) >= 11 is 0. The molecule has 0 aromatic carbocycles. The normalized spacial score (nSPS) is 14.9. The Balaban J connectivity index is 4.11. The van der Waals surface area contributed by atoms with Gasteiger partial charge in [0.15, 0.2) is 0 Å². The van der Waals surface area contributed by atoms with Gasteiger partial charge < -0.3 is 15.7 Å². The molecule has 0 heterocycles. The highest BCUT2D eigenvalue weighted by molar-refractivity contribution is 5.89. The van der Waals surface area contributed by atoms with Crippen LogP contribution in [0.2, 0.25) is 0 Å². The van der Waals surface area contributed by atoms with Crippen LogP contribution >= 0.6 is 0 Å². The quantitative estimate of drug-likeness (QED) is 0.656. The van der Waals surface area contributed by atoms with Gasteiger partial charge in [0, 0.05) is 12.0 Å². The maximum atomic E-state index is 11.6. The van der Waals surface area contributed by atoms with Crippen LogP contribution in [0.3, 0.4) is 0 Å². The van der Waals surface area contributed by atoms with E-state index in [1.165, 1.54) is 0 Å². The lowest BCUT2D eigenvalue weighted by molar-refractivity contribution is -0.133. The maximum Gasteiger partial charge on any atom is 0.242 e. The van der Waals surface area contributed by atoms with E-state index in [1.807, 2.05) is 6.92 Å². The third-order valence-corrected chi connectivity index (χ3v) is 2.41. The molecule has 0 aliphatic rings. The average Bonchev–Trinajstić information content (AvgIpc) is 2.23. The molecule has 0 rings (SSSR count). The van der Waals surface area contributed by atoms with Crippen molar-refractivity contribution in [3.8, 4) is 0 Å². The van der Waals surface area contributed by atoms with E-state index in [4.69, 9.17) is 0 Å². The van der Waals surface area contributed by atoms with Crippen molar-refractivity contribution in [1.29, 1.82) is 0 Å². The smallest absolute Gasteiger partial charge is 0.242 e. The van der Waals surface area contributed by atoms with Crippen LogP contribution in [0.15, 0.2) is 0 Å². The van der Waals surface area contributed by atoms with E-state index in [2.05, 4.69) is 10.6 Å². The maximum absolute atomic E-state index is 11.6. The van der Waals surface area contributed by atoms with Crippen molar-refractivity contribution in [2.75, 3.05) is 6.54 Å². The number of carbonyl (C=O) groups excluding carboxylic acids is 2. The molecule has 3 N–H and O–H groups in total. The minimum absolute atomic E-state index is 0.170. The summed E-state index contributed by atoms with van der Waals surface area (Å²) < 4.78 is 0. The third-order valence-electron chi connectivity index (χ3n) is 2.41. The van der Waals surface area contributed by atoms with Crippen molar-refractivity contribution >= 4 is 11.8 Å². The lowest BCUT2D eigenvalue weighted by Crippen LogP contribution is -2.49. The second-order valence-electron chi connectivity index (χ2n) is 5.25. The van der Waals surface area contributed by atoms with Crippen molar-refractivity contribution in [1.82, 2.24) is 10.6 Å². The summed E-state index contributed by atoms with van der Waals surface area (Å²) in [4.78, 5) is 23.2. The Hall–Kier alpha value is -1.10. The van der Waals surface area contributed by atoms with E-state index >= 15 is 0 Å². The highest BCUT2D eigenvalue weighted by Crippen LogP contribution is 2.12. The summed E-state index contributed by atoms with van der Waals surface area (Å²) in [7, 11) is 0. The van der Waals surface area contributed by atoms with Crippen LogP contribution in [0.25, 0.3) is 0 Å². The van der Waals surface area contributed by atoms with E-state index < -0.39 is 17.6 Å². The zero-order chi connectivity index (χ0) is 13.6. The van der Waals surface area contributed by atoms with E-state index in [0.717, 1.165) is 0 Å². The van der Waals surface area contributed by atoms with Gasteiger partial charge in [-0.15, -0.1) is 0 Å². The van der Waals surface area contributed by atoms with Gasteiger partial charge in [0.2, 0.25) is 11.8 Å². The summed E-state index contributed by atoms with van der Waals surface area (Å²) in [6, 6.07) is -0.592. The summed E-state index contributed by atoms with van der Waals surface area (Å²) in [5.74, 6) is -0.453. The summed E-state index contributed by atoms with van der Waals surface area (Å²) in [5.41, 5.74) is -0.516. The number of amides is 2. The van der Waals surface area contributed by atoms with Crippen molar-refractivity contribution < 1.29 is 14.7 Å². The van der Waals surface area contributed by atoms with Gasteiger partial charge >= 0.3 is 0 Å². The van der Waals surface area contributed by atoms with Gasteiger partial charge in [-0.1, -0.05) is 27.7 Å². The summed E-state index contributed by atoms with van der Waals surface area (Å²) in [6.45, 7) is 9.03. The molecule has 17 heavy (non-hydrogen) atoms. The SMILES string of the molecule is CCC(O)CNC(=O)C(C)NC(=O)C(C)(C)C. The van der Waals surface area contributed by atoms with Crippen LogP contribution in [0, 0.1) is 5.41 Å². The van der Waals surface area contributed by atoms with Gasteiger partial charge in [0.1, 0.15) is 6.04 Å². The average molecular weight is 244 g/mol. The lowest BCUT2D eigenvalue weighted by Gasteiger charge is -2.21. The predicted octanol–water partition coefficient (Wildman–Crippen LogP) is 0.424. The fourth-order valence-electron chi connectivity index (χ4n) is 0.995. The molecule has 0 saturated carbocycles. The molecular formula is C12H24N2O3. The Morgan fingerprint density at radius 2 is 1.82 bits per heavy atom. The molecule has 5 nitrogen and oxygen atoms in total. The van der Waals surface area contributed by atoms with Crippen molar-refractivity contribution in [2.24, 2.45) is 5.41 Å². The first-order valence-corrected chi connectivity index (χ1v) is 5.95. The standard InChI is InChI=1S/C12H24N2O3/c1-6-9(15)7-13-10(16)8(2)14-11(17)12(3,4)5/h8-9,15H,6-7H2,1-5H3,(H,13,16)(H,14,17). The van der Waals surface area contributed by atoms with Crippen LogP contribution < -0.4 is 10.6 Å². The number of aliphatic hydroxyl groups is 1. The minimum atomic E-state index is -0.592. The summed E-state index contributed by atoms with van der Waals surface area (Å²) in [6.07, 6.45) is 0.0488. The molecule has 0 aliphatic carbocycles. The van der Waals surface area contributed by atoms with E-state index in [0.29, 0.717) is 6.42 Å². The first-order valence-electron chi connectivity index (χ1n) is 5.95. The molecule has 2 amide bonds. The Labute approximate surface area is 103 Å². The van der Waals surface area contributed by atoms with E-state index in [1.54, 1.807) is 27.7 Å². The monoisotopic (exact) mass is 244 g/mol. The number of rotatable bonds is 5. The van der Waals surface area contributed by atoms with E-state index in [9.17, 15) is 14.7 Å². The highest BCUT2D eigenvalue weighted by atomic mass is 16.3. The molecule has 2 atom stereocenters. The molecule has 0 saturated heterocycles. The molecule has 0 aliphatic heterocycles. The third kappa shape index (κ3) is 6.26. The van der Waals surface area contributed by atoms with Crippen LogP contribution in [-0.4, -0.2) is 35.6 Å². The van der Waals surface area contributed by atoms with E-state index in [-0.39, 0.29) is 18.4 Å². The lowest BCUT2D eigenvalue weighted by atomic mass is 9.95. The zero-order valence-corrected chi connectivity index (χ0v) is 11.3. The van der Waals surface area contributed by atoms with Crippen LogP contribution in [0.4, 0.5) is 0 Å². The Morgan fingerprint density at radius 3 is 2.24 bits per heavy atom. The molecule has 0 radical (unpaired) electrons. The molecular weight excluding hydrogens is 220 g/mol. The first kappa shape index (κ1) is 15.9. The molecule has 100 valence electrons. The molecule has 0 aromatic heterocycles. The highest BCUT2D eigenvalue weighted by Gasteiger charge is 2.24. The molecule has 0 bridgehead atoms. The van der Waals surface area contributed by atoms with Crippen molar-refractivity contribution in [3.63, 3.8) is 0 Å². The van der Waals surface area contributed by atoms with Gasteiger partial charge in [-0.2, -0.15) is 0 Å². The molecule has 0 aromatic rings. The second-order valence-corrected chi connectivity index (χ2v) is 5.25. The Bertz CT molecular complexity index is 271. The molecule has 5 heteroatoms. The van der Waals surface area contributed by atoms with Crippen LogP contribution in [0.1, 0.15) is 41.0 Å². The second kappa shape index (κ2) is 6.59. The van der Waals surface area contributed by atoms with Crippen molar-refractivity contribution in [2.45, 2.75) is 53.2 Å². The van der Waals surface area contributed by atoms with Gasteiger partial charge in [-0.05, 0) is 13.3 Å². The molecule has 2 unspecified atom stereocenters. The largest absolute Gasteiger partial charge is 0.391 e. The number of hydrogen-bond donors (Lipinski definition) is 3. The van der Waals surface area contributed by atoms with Gasteiger partial charge in [0.25, 0.3) is 0 Å². The number of carbonyl (C=O) groups is 2. The minimum Gasteiger partial charge on any atom is -0.391 e. The number of hydrogen-bond acceptors (Lipinski definition) is 3. The zero-order valence-electron chi connectivity index (χ0n) is 11.3. The Kier molecular flexibility index (Phi) is 6.16. The molecule has 0 spiro atoms. The fraction of sp³-hybridized carbons (Fsp3) is 0.833. The predicted molar refractivity (Wildman–Crippen MR) is 66.4 cm³/mol.